The molecule has 2 aliphatic heterocycles. The van der Waals surface area contributed by atoms with Gasteiger partial charge in [-0.3, -0.25) is 4.79 Å². The Morgan fingerprint density at radius 1 is 1.23 bits per heavy atom. The number of carbonyl (C=O) groups excluding carboxylic acids is 1. The van der Waals surface area contributed by atoms with E-state index < -0.39 is 27.6 Å². The lowest BCUT2D eigenvalue weighted by Gasteiger charge is -2.19. The Morgan fingerprint density at radius 2 is 1.97 bits per heavy atom. The standard InChI is InChI=1S/C19H23F3N4O3S/c1-11(2)14-7-16(19(20,21)22)26-17(23-14)8-15(24-26)12-3-5-25(9-12)18(27)13-4-6-30(28,29)10-13/h7-8,11-13H,3-6,9-10H2,1-2H3. The number of alkyl halides is 3. The fraction of sp³-hybridized carbons (Fsp3) is 0.632. The zero-order chi connectivity index (χ0) is 21.8. The molecule has 0 aromatic carbocycles. The first-order chi connectivity index (χ1) is 13.9. The predicted molar refractivity (Wildman–Crippen MR) is 103 cm³/mol. The van der Waals surface area contributed by atoms with Crippen molar-refractivity contribution in [1.82, 2.24) is 19.5 Å². The van der Waals surface area contributed by atoms with Gasteiger partial charge in [-0.15, -0.1) is 0 Å². The topological polar surface area (TPSA) is 84.6 Å². The molecule has 11 heteroatoms. The lowest BCUT2D eigenvalue weighted by Crippen LogP contribution is -2.34. The van der Waals surface area contributed by atoms with Crippen LogP contribution < -0.4 is 0 Å². The van der Waals surface area contributed by atoms with Crippen molar-refractivity contribution in [3.63, 3.8) is 0 Å². The third-order valence-corrected chi connectivity index (χ3v) is 7.62. The first-order valence-corrected chi connectivity index (χ1v) is 11.7. The Morgan fingerprint density at radius 3 is 2.57 bits per heavy atom. The molecule has 2 unspecified atom stereocenters. The predicted octanol–water partition coefficient (Wildman–Crippen LogP) is 2.62. The van der Waals surface area contributed by atoms with E-state index in [-0.39, 0.29) is 34.9 Å². The molecular formula is C19H23F3N4O3S. The maximum atomic E-state index is 13.6. The van der Waals surface area contributed by atoms with Crippen molar-refractivity contribution in [2.45, 2.75) is 44.7 Å². The summed E-state index contributed by atoms with van der Waals surface area (Å²) in [6.07, 6.45) is -3.68. The number of sulfone groups is 1. The van der Waals surface area contributed by atoms with E-state index in [9.17, 15) is 26.4 Å². The zero-order valence-corrected chi connectivity index (χ0v) is 17.5. The third-order valence-electron chi connectivity index (χ3n) is 5.85. The van der Waals surface area contributed by atoms with Crippen LogP contribution in [0.25, 0.3) is 5.65 Å². The Bertz CT molecular complexity index is 1090. The van der Waals surface area contributed by atoms with Gasteiger partial charge < -0.3 is 4.90 Å². The van der Waals surface area contributed by atoms with Gasteiger partial charge in [0.15, 0.2) is 15.5 Å². The van der Waals surface area contributed by atoms with Gasteiger partial charge >= 0.3 is 6.18 Å². The molecule has 4 heterocycles. The minimum Gasteiger partial charge on any atom is -0.342 e. The molecule has 30 heavy (non-hydrogen) atoms. The van der Waals surface area contributed by atoms with E-state index >= 15 is 0 Å². The van der Waals surface area contributed by atoms with E-state index in [4.69, 9.17) is 0 Å². The quantitative estimate of drug-likeness (QED) is 0.727. The van der Waals surface area contributed by atoms with Gasteiger partial charge in [-0.25, -0.2) is 17.9 Å². The van der Waals surface area contributed by atoms with Crippen molar-refractivity contribution in [3.8, 4) is 0 Å². The average Bonchev–Trinajstić information content (AvgIpc) is 3.36. The van der Waals surface area contributed by atoms with Crippen LogP contribution in [-0.4, -0.2) is 58.4 Å². The van der Waals surface area contributed by atoms with E-state index in [0.717, 1.165) is 10.6 Å². The van der Waals surface area contributed by atoms with Crippen molar-refractivity contribution in [2.75, 3.05) is 24.6 Å². The highest BCUT2D eigenvalue weighted by Crippen LogP contribution is 2.34. The summed E-state index contributed by atoms with van der Waals surface area (Å²) in [6, 6.07) is 2.58. The van der Waals surface area contributed by atoms with Gasteiger partial charge in [0.25, 0.3) is 0 Å². The molecule has 1 amide bonds. The number of halogens is 3. The first kappa shape index (κ1) is 21.1. The number of amides is 1. The summed E-state index contributed by atoms with van der Waals surface area (Å²) in [5.41, 5.74) is 0.0647. The van der Waals surface area contributed by atoms with Crippen LogP contribution in [-0.2, 0) is 20.8 Å². The summed E-state index contributed by atoms with van der Waals surface area (Å²) >= 11 is 0. The summed E-state index contributed by atoms with van der Waals surface area (Å²) < 4.78 is 64.8. The van der Waals surface area contributed by atoms with E-state index in [0.29, 0.717) is 37.3 Å². The lowest BCUT2D eigenvalue weighted by atomic mass is 10.1. The number of aromatic nitrogens is 3. The molecule has 2 aromatic rings. The molecule has 2 aromatic heterocycles. The summed E-state index contributed by atoms with van der Waals surface area (Å²) in [5.74, 6) is -1.20. The minimum atomic E-state index is -4.57. The van der Waals surface area contributed by atoms with Crippen LogP contribution in [0.15, 0.2) is 12.1 Å². The Kier molecular flexibility index (Phi) is 5.06. The molecule has 0 bridgehead atoms. The summed E-state index contributed by atoms with van der Waals surface area (Å²) in [4.78, 5) is 18.6. The highest BCUT2D eigenvalue weighted by Gasteiger charge is 2.39. The van der Waals surface area contributed by atoms with Crippen LogP contribution in [0.2, 0.25) is 0 Å². The summed E-state index contributed by atoms with van der Waals surface area (Å²) in [7, 11) is -3.16. The maximum absolute atomic E-state index is 13.6. The molecule has 2 aliphatic rings. The number of hydrogen-bond acceptors (Lipinski definition) is 5. The molecular weight excluding hydrogens is 421 g/mol. The monoisotopic (exact) mass is 444 g/mol. The van der Waals surface area contributed by atoms with Gasteiger partial charge in [-0.2, -0.15) is 18.3 Å². The Balaban J connectivity index is 1.59. The molecule has 7 nitrogen and oxygen atoms in total. The van der Waals surface area contributed by atoms with Crippen LogP contribution in [0.3, 0.4) is 0 Å². The highest BCUT2D eigenvalue weighted by atomic mass is 32.2. The van der Waals surface area contributed by atoms with Gasteiger partial charge in [0.05, 0.1) is 23.1 Å². The molecule has 2 fully saturated rings. The van der Waals surface area contributed by atoms with Gasteiger partial charge in [-0.05, 0) is 24.8 Å². The number of hydrogen-bond donors (Lipinski definition) is 0. The van der Waals surface area contributed by atoms with Gasteiger partial charge in [0.2, 0.25) is 5.91 Å². The van der Waals surface area contributed by atoms with Gasteiger partial charge in [-0.1, -0.05) is 13.8 Å². The fourth-order valence-corrected chi connectivity index (χ4v) is 5.89. The number of carbonyl (C=O) groups is 1. The van der Waals surface area contributed by atoms with E-state index in [1.54, 1.807) is 24.8 Å². The molecule has 2 saturated heterocycles. The second kappa shape index (κ2) is 7.21. The number of likely N-dealkylation sites (tertiary alicyclic amines) is 1. The van der Waals surface area contributed by atoms with Crippen molar-refractivity contribution in [2.24, 2.45) is 5.92 Å². The second-order valence-electron chi connectivity index (χ2n) is 8.43. The number of nitrogens with zero attached hydrogens (tertiary/aromatic N) is 4. The number of fused-ring (bicyclic) bond motifs is 1. The molecule has 0 saturated carbocycles. The molecule has 0 N–H and O–H groups in total. The third kappa shape index (κ3) is 3.91. The van der Waals surface area contributed by atoms with Crippen molar-refractivity contribution in [1.29, 1.82) is 0 Å². The molecule has 164 valence electrons. The lowest BCUT2D eigenvalue weighted by molar-refractivity contribution is -0.142. The smallest absolute Gasteiger partial charge is 0.342 e. The van der Waals surface area contributed by atoms with E-state index in [2.05, 4.69) is 10.1 Å². The molecule has 0 spiro atoms. The van der Waals surface area contributed by atoms with Crippen LogP contribution in [0.5, 0.6) is 0 Å². The van der Waals surface area contributed by atoms with Crippen LogP contribution in [0.1, 0.15) is 55.6 Å². The highest BCUT2D eigenvalue weighted by molar-refractivity contribution is 7.91. The fourth-order valence-electron chi connectivity index (χ4n) is 4.16. The van der Waals surface area contributed by atoms with E-state index in [1.807, 2.05) is 0 Å². The van der Waals surface area contributed by atoms with Gasteiger partial charge in [0, 0.05) is 30.8 Å². The van der Waals surface area contributed by atoms with Crippen molar-refractivity contribution in [3.05, 3.63) is 29.2 Å². The van der Waals surface area contributed by atoms with Crippen molar-refractivity contribution < 1.29 is 26.4 Å². The molecule has 0 aliphatic carbocycles. The summed E-state index contributed by atoms with van der Waals surface area (Å²) in [6.45, 7) is 4.31. The van der Waals surface area contributed by atoms with E-state index in [1.165, 1.54) is 0 Å². The number of rotatable bonds is 3. The molecule has 0 radical (unpaired) electrons. The molecule has 2 atom stereocenters. The van der Waals surface area contributed by atoms with Crippen LogP contribution in [0, 0.1) is 5.92 Å². The first-order valence-electron chi connectivity index (χ1n) is 9.91. The normalized spacial score (nSPS) is 24.3. The van der Waals surface area contributed by atoms with Gasteiger partial charge in [0.1, 0.15) is 5.69 Å². The Labute approximate surface area is 172 Å². The largest absolute Gasteiger partial charge is 0.433 e. The summed E-state index contributed by atoms with van der Waals surface area (Å²) in [5, 5.41) is 4.18. The second-order valence-corrected chi connectivity index (χ2v) is 10.7. The maximum Gasteiger partial charge on any atom is 0.433 e. The van der Waals surface area contributed by atoms with Crippen LogP contribution >= 0.6 is 0 Å². The molecule has 4 rings (SSSR count). The zero-order valence-electron chi connectivity index (χ0n) is 16.7. The minimum absolute atomic E-state index is 0.0250. The van der Waals surface area contributed by atoms with Crippen LogP contribution in [0.4, 0.5) is 13.2 Å². The Hall–Kier alpha value is -2.17. The van der Waals surface area contributed by atoms with Crippen molar-refractivity contribution >= 4 is 21.4 Å². The average molecular weight is 444 g/mol. The SMILES string of the molecule is CC(C)c1cc(C(F)(F)F)n2nc(C3CCN(C(=O)C4CCS(=O)(=O)C4)C3)cc2n1.